The van der Waals surface area contributed by atoms with Gasteiger partial charge in [0, 0.05) is 18.1 Å². The Labute approximate surface area is 135 Å². The van der Waals surface area contributed by atoms with Gasteiger partial charge in [-0.2, -0.15) is 0 Å². The molecule has 1 saturated heterocycles. The topological polar surface area (TPSA) is 34.5 Å². The number of likely N-dealkylation sites (tertiary alicyclic amines) is 1. The average Bonchev–Trinajstić information content (AvgIpc) is 3.07. The largest absolute Gasteiger partial charge is 0.466 e. The second kappa shape index (κ2) is 6.84. The summed E-state index contributed by atoms with van der Waals surface area (Å²) in [5.74, 6) is 0.608. The Morgan fingerprint density at radius 2 is 2.18 bits per heavy atom. The molecule has 120 valence electrons. The third-order valence-corrected chi connectivity index (χ3v) is 5.45. The highest BCUT2D eigenvalue weighted by Gasteiger charge is 2.19. The van der Waals surface area contributed by atoms with Crippen molar-refractivity contribution < 1.29 is 9.53 Å². The second-order valence-electron chi connectivity index (χ2n) is 6.17. The molecule has 4 nitrogen and oxygen atoms in total. The molecule has 2 aromatic rings. The number of fused-ring (bicyclic) bond motifs is 1. The van der Waals surface area contributed by atoms with Crippen molar-refractivity contribution in [1.29, 1.82) is 0 Å². The Bertz CT molecular complexity index is 638. The molecule has 5 heteroatoms. The van der Waals surface area contributed by atoms with Crippen molar-refractivity contribution in [2.45, 2.75) is 32.7 Å². The lowest BCUT2D eigenvalue weighted by molar-refractivity contribution is -0.142. The van der Waals surface area contributed by atoms with E-state index in [4.69, 9.17) is 4.74 Å². The lowest BCUT2D eigenvalue weighted by Crippen LogP contribution is -2.31. The van der Waals surface area contributed by atoms with E-state index in [-0.39, 0.29) is 5.97 Å². The maximum atomic E-state index is 11.8. The summed E-state index contributed by atoms with van der Waals surface area (Å²) in [4.78, 5) is 15.5. The number of rotatable bonds is 5. The van der Waals surface area contributed by atoms with E-state index in [0.717, 1.165) is 18.0 Å². The van der Waals surface area contributed by atoms with Gasteiger partial charge in [0.05, 0.1) is 13.0 Å². The third-order valence-electron chi connectivity index (χ3n) is 4.50. The molecule has 1 aliphatic rings. The fourth-order valence-corrected chi connectivity index (χ4v) is 4.17. The number of ether oxygens (including phenoxy) is 1. The molecule has 3 rings (SSSR count). The summed E-state index contributed by atoms with van der Waals surface area (Å²) in [6.07, 6.45) is 5.06. The van der Waals surface area contributed by atoms with Crippen molar-refractivity contribution in [2.75, 3.05) is 26.7 Å². The molecular formula is C17H24N2O2S. The number of esters is 1. The summed E-state index contributed by atoms with van der Waals surface area (Å²) in [7, 11) is 2.20. The van der Waals surface area contributed by atoms with Crippen molar-refractivity contribution in [2.24, 2.45) is 5.92 Å². The standard InChI is InChI=1S/C17H24N2O2S/c1-3-21-16(20)10-14-12-19(17-15(14)6-9-22-17)11-13-4-7-18(2)8-5-13/h6,9,12-13H,3-5,7-8,10-11H2,1-2H3. The van der Waals surface area contributed by atoms with Crippen LogP contribution in [0.4, 0.5) is 0 Å². The van der Waals surface area contributed by atoms with Crippen molar-refractivity contribution in [1.82, 2.24) is 9.47 Å². The molecule has 0 aromatic carbocycles. The minimum Gasteiger partial charge on any atom is -0.466 e. The Morgan fingerprint density at radius 3 is 2.91 bits per heavy atom. The van der Waals surface area contributed by atoms with Crippen LogP contribution in [-0.2, 0) is 22.5 Å². The first kappa shape index (κ1) is 15.6. The first-order valence-corrected chi connectivity index (χ1v) is 8.94. The predicted octanol–water partition coefficient (Wildman–Crippen LogP) is 3.15. The fourth-order valence-electron chi connectivity index (χ4n) is 3.25. The maximum absolute atomic E-state index is 11.8. The number of carbonyl (C=O) groups excluding carboxylic acids is 1. The molecule has 0 bridgehead atoms. The number of piperidine rings is 1. The van der Waals surface area contributed by atoms with E-state index in [9.17, 15) is 4.79 Å². The highest BCUT2D eigenvalue weighted by Crippen LogP contribution is 2.29. The van der Waals surface area contributed by atoms with Gasteiger partial charge in [0.1, 0.15) is 4.83 Å². The summed E-state index contributed by atoms with van der Waals surface area (Å²) in [6.45, 7) is 5.74. The molecule has 3 heterocycles. The maximum Gasteiger partial charge on any atom is 0.310 e. The van der Waals surface area contributed by atoms with Crippen molar-refractivity contribution in [3.8, 4) is 0 Å². The van der Waals surface area contributed by atoms with Crippen LogP contribution < -0.4 is 0 Å². The quantitative estimate of drug-likeness (QED) is 0.794. The van der Waals surface area contributed by atoms with E-state index in [1.807, 2.05) is 6.92 Å². The van der Waals surface area contributed by atoms with E-state index < -0.39 is 0 Å². The van der Waals surface area contributed by atoms with Gasteiger partial charge in [0.15, 0.2) is 0 Å². The summed E-state index contributed by atoms with van der Waals surface area (Å²) >= 11 is 1.76. The first-order valence-electron chi connectivity index (χ1n) is 8.06. The molecule has 0 atom stereocenters. The molecule has 0 aliphatic carbocycles. The number of carbonyl (C=O) groups is 1. The Hall–Kier alpha value is -1.33. The van der Waals surface area contributed by atoms with E-state index >= 15 is 0 Å². The summed E-state index contributed by atoms with van der Waals surface area (Å²) in [5.41, 5.74) is 1.10. The Balaban J connectivity index is 1.75. The normalized spacial score (nSPS) is 17.2. The van der Waals surface area contributed by atoms with Crippen LogP contribution in [-0.4, -0.2) is 42.2 Å². The van der Waals surface area contributed by atoms with Gasteiger partial charge in [-0.3, -0.25) is 4.79 Å². The number of thiophene rings is 1. The van der Waals surface area contributed by atoms with Gasteiger partial charge in [0.2, 0.25) is 0 Å². The molecule has 22 heavy (non-hydrogen) atoms. The van der Waals surface area contributed by atoms with Crippen molar-refractivity contribution in [3.05, 3.63) is 23.2 Å². The van der Waals surface area contributed by atoms with E-state index in [2.05, 4.69) is 34.2 Å². The highest BCUT2D eigenvalue weighted by atomic mass is 32.1. The van der Waals surface area contributed by atoms with Crippen LogP contribution in [0.5, 0.6) is 0 Å². The molecule has 1 aliphatic heterocycles. The number of hydrogen-bond donors (Lipinski definition) is 0. The van der Waals surface area contributed by atoms with Crippen LogP contribution in [0.1, 0.15) is 25.3 Å². The van der Waals surface area contributed by atoms with E-state index in [1.165, 1.54) is 36.1 Å². The smallest absolute Gasteiger partial charge is 0.310 e. The van der Waals surface area contributed by atoms with Crippen LogP contribution in [0.15, 0.2) is 17.6 Å². The summed E-state index contributed by atoms with van der Waals surface area (Å²) in [5, 5.41) is 3.33. The molecule has 1 fully saturated rings. The monoisotopic (exact) mass is 320 g/mol. The van der Waals surface area contributed by atoms with Crippen LogP contribution in [0.25, 0.3) is 10.2 Å². The zero-order valence-corrected chi connectivity index (χ0v) is 14.2. The van der Waals surface area contributed by atoms with Gasteiger partial charge in [-0.15, -0.1) is 11.3 Å². The van der Waals surface area contributed by atoms with Crippen LogP contribution in [0, 0.1) is 5.92 Å². The van der Waals surface area contributed by atoms with Crippen LogP contribution in [0.2, 0.25) is 0 Å². The Morgan fingerprint density at radius 1 is 1.41 bits per heavy atom. The van der Waals surface area contributed by atoms with Gasteiger partial charge >= 0.3 is 5.97 Å². The van der Waals surface area contributed by atoms with Gasteiger partial charge in [-0.05, 0) is 62.8 Å². The molecule has 0 amide bonds. The van der Waals surface area contributed by atoms with Crippen LogP contribution in [0.3, 0.4) is 0 Å². The Kier molecular flexibility index (Phi) is 4.84. The molecule has 0 N–H and O–H groups in total. The van der Waals surface area contributed by atoms with Crippen molar-refractivity contribution in [3.63, 3.8) is 0 Å². The zero-order chi connectivity index (χ0) is 15.5. The molecule has 2 aromatic heterocycles. The first-order chi connectivity index (χ1) is 10.7. The average molecular weight is 320 g/mol. The van der Waals surface area contributed by atoms with Gasteiger partial charge in [0.25, 0.3) is 0 Å². The van der Waals surface area contributed by atoms with E-state index in [0.29, 0.717) is 13.0 Å². The van der Waals surface area contributed by atoms with Crippen molar-refractivity contribution >= 4 is 27.5 Å². The lowest BCUT2D eigenvalue weighted by Gasteiger charge is -2.29. The van der Waals surface area contributed by atoms with Gasteiger partial charge < -0.3 is 14.2 Å². The molecule has 0 saturated carbocycles. The van der Waals surface area contributed by atoms with Gasteiger partial charge in [-0.25, -0.2) is 0 Å². The molecule has 0 unspecified atom stereocenters. The third kappa shape index (κ3) is 3.36. The van der Waals surface area contributed by atoms with E-state index in [1.54, 1.807) is 11.3 Å². The minimum absolute atomic E-state index is 0.132. The van der Waals surface area contributed by atoms with Gasteiger partial charge in [-0.1, -0.05) is 0 Å². The summed E-state index contributed by atoms with van der Waals surface area (Å²) < 4.78 is 7.44. The highest BCUT2D eigenvalue weighted by molar-refractivity contribution is 7.16. The van der Waals surface area contributed by atoms with Crippen LogP contribution >= 0.6 is 11.3 Å². The number of nitrogens with zero attached hydrogens (tertiary/aromatic N) is 2. The number of hydrogen-bond acceptors (Lipinski definition) is 4. The minimum atomic E-state index is -0.132. The number of aromatic nitrogens is 1. The molecular weight excluding hydrogens is 296 g/mol. The fraction of sp³-hybridized carbons (Fsp3) is 0.588. The summed E-state index contributed by atoms with van der Waals surface area (Å²) in [6, 6.07) is 2.12. The second-order valence-corrected chi connectivity index (χ2v) is 7.07. The molecule has 0 radical (unpaired) electrons. The lowest BCUT2D eigenvalue weighted by atomic mass is 9.97. The SMILES string of the molecule is CCOC(=O)Cc1cn(CC2CCN(C)CC2)c2sccc12. The zero-order valence-electron chi connectivity index (χ0n) is 13.4. The predicted molar refractivity (Wildman–Crippen MR) is 90.4 cm³/mol. The molecule has 0 spiro atoms.